The molecule has 0 saturated heterocycles. The van der Waals surface area contributed by atoms with Crippen molar-refractivity contribution in [2.75, 3.05) is 11.9 Å². The summed E-state index contributed by atoms with van der Waals surface area (Å²) in [7, 11) is 0. The predicted octanol–water partition coefficient (Wildman–Crippen LogP) is 3.65. The fraction of sp³-hybridized carbons (Fsp3) is 0.333. The molecule has 0 bridgehead atoms. The maximum Gasteiger partial charge on any atom is 0.373 e. The summed E-state index contributed by atoms with van der Waals surface area (Å²) in [4.78, 5) is 18.5. The largest absolute Gasteiger partial charge is 0.473 e. The molecule has 116 valence electrons. The number of rotatable bonds is 6. The van der Waals surface area contributed by atoms with Crippen LogP contribution in [0.1, 0.15) is 32.3 Å². The van der Waals surface area contributed by atoms with Crippen molar-refractivity contribution < 1.29 is 9.66 Å². The highest BCUT2D eigenvalue weighted by molar-refractivity contribution is 5.68. The van der Waals surface area contributed by atoms with Crippen molar-refractivity contribution in [2.24, 2.45) is 0 Å². The van der Waals surface area contributed by atoms with Crippen LogP contribution in [0.4, 0.5) is 17.2 Å². The predicted molar refractivity (Wildman–Crippen MR) is 83.7 cm³/mol. The fourth-order valence-electron chi connectivity index (χ4n) is 1.95. The van der Waals surface area contributed by atoms with Crippen molar-refractivity contribution in [3.05, 3.63) is 46.3 Å². The Balaban J connectivity index is 2.32. The van der Waals surface area contributed by atoms with E-state index in [-0.39, 0.29) is 17.4 Å². The first-order chi connectivity index (χ1) is 10.5. The minimum Gasteiger partial charge on any atom is -0.473 e. The zero-order chi connectivity index (χ0) is 16.1. The summed E-state index contributed by atoms with van der Waals surface area (Å²) in [6, 6.07) is 7.68. The maximum atomic E-state index is 11.3. The van der Waals surface area contributed by atoms with Crippen LogP contribution in [0.3, 0.4) is 0 Å². The second kappa shape index (κ2) is 6.84. The molecule has 0 aliphatic carbocycles. The van der Waals surface area contributed by atoms with Gasteiger partial charge in [0.25, 0.3) is 5.88 Å². The van der Waals surface area contributed by atoms with E-state index in [1.807, 2.05) is 24.3 Å². The van der Waals surface area contributed by atoms with Crippen LogP contribution in [-0.2, 0) is 0 Å². The van der Waals surface area contributed by atoms with E-state index >= 15 is 0 Å². The molecule has 0 saturated carbocycles. The number of aromatic nitrogens is 2. The molecule has 0 spiro atoms. The monoisotopic (exact) mass is 302 g/mol. The third kappa shape index (κ3) is 3.49. The molecule has 7 nitrogen and oxygen atoms in total. The molecular formula is C15H18N4O3. The molecule has 7 heteroatoms. The van der Waals surface area contributed by atoms with E-state index in [2.05, 4.69) is 29.1 Å². The number of anilines is 2. The van der Waals surface area contributed by atoms with E-state index in [0.29, 0.717) is 18.2 Å². The highest BCUT2D eigenvalue weighted by Gasteiger charge is 2.24. The molecule has 1 N–H and O–H groups in total. The zero-order valence-electron chi connectivity index (χ0n) is 12.7. The number of ether oxygens (including phenoxy) is 1. The van der Waals surface area contributed by atoms with E-state index < -0.39 is 4.92 Å². The third-order valence-corrected chi connectivity index (χ3v) is 3.09. The second-order valence-electron chi connectivity index (χ2n) is 4.97. The molecule has 0 atom stereocenters. The van der Waals surface area contributed by atoms with Crippen molar-refractivity contribution in [3.8, 4) is 5.88 Å². The fourth-order valence-corrected chi connectivity index (χ4v) is 1.95. The van der Waals surface area contributed by atoms with Gasteiger partial charge in [-0.3, -0.25) is 10.1 Å². The molecule has 1 aromatic carbocycles. The molecule has 2 rings (SSSR count). The second-order valence-corrected chi connectivity index (χ2v) is 4.97. The van der Waals surface area contributed by atoms with Crippen molar-refractivity contribution in [1.82, 2.24) is 9.97 Å². The topological polar surface area (TPSA) is 90.2 Å². The van der Waals surface area contributed by atoms with Gasteiger partial charge in [-0.25, -0.2) is 4.98 Å². The Labute approximate surface area is 128 Å². The Morgan fingerprint density at radius 3 is 2.50 bits per heavy atom. The van der Waals surface area contributed by atoms with E-state index in [1.165, 1.54) is 11.9 Å². The first kappa shape index (κ1) is 15.7. The summed E-state index contributed by atoms with van der Waals surface area (Å²) in [6.45, 7) is 6.24. The van der Waals surface area contributed by atoms with Gasteiger partial charge in [0.05, 0.1) is 11.5 Å². The van der Waals surface area contributed by atoms with E-state index in [0.717, 1.165) is 0 Å². The van der Waals surface area contributed by atoms with Gasteiger partial charge in [0, 0.05) is 5.69 Å². The molecule has 2 aromatic rings. The number of nitrogens with zero attached hydrogens (tertiary/aromatic N) is 3. The molecule has 0 fully saturated rings. The van der Waals surface area contributed by atoms with Crippen molar-refractivity contribution in [3.63, 3.8) is 0 Å². The molecule has 0 amide bonds. The SMILES string of the molecule is CCOc1ncnc(Nc2ccc(C(C)C)cc2)c1[N+](=O)[O-]. The number of nitro groups is 1. The van der Waals surface area contributed by atoms with Crippen LogP contribution in [0.15, 0.2) is 30.6 Å². The average molecular weight is 302 g/mol. The summed E-state index contributed by atoms with van der Waals surface area (Å²) >= 11 is 0. The summed E-state index contributed by atoms with van der Waals surface area (Å²) in [5.74, 6) is 0.497. The van der Waals surface area contributed by atoms with Crippen LogP contribution in [0.2, 0.25) is 0 Å². The number of hydrogen-bond acceptors (Lipinski definition) is 6. The number of hydrogen-bond donors (Lipinski definition) is 1. The average Bonchev–Trinajstić information content (AvgIpc) is 2.48. The zero-order valence-corrected chi connectivity index (χ0v) is 12.7. The quantitative estimate of drug-likeness (QED) is 0.647. The summed E-state index contributed by atoms with van der Waals surface area (Å²) in [5, 5.41) is 14.2. The van der Waals surface area contributed by atoms with Crippen LogP contribution in [0.5, 0.6) is 5.88 Å². The Hall–Kier alpha value is -2.70. The lowest BCUT2D eigenvalue weighted by atomic mass is 10.0. The standard InChI is InChI=1S/C15H18N4O3/c1-4-22-15-13(19(20)21)14(16-9-17-15)18-12-7-5-11(6-8-12)10(2)3/h5-10H,4H2,1-3H3,(H,16,17,18). The number of nitrogens with one attached hydrogen (secondary N) is 1. The normalized spacial score (nSPS) is 10.5. The maximum absolute atomic E-state index is 11.3. The lowest BCUT2D eigenvalue weighted by Crippen LogP contribution is -2.05. The van der Waals surface area contributed by atoms with E-state index in [1.54, 1.807) is 6.92 Å². The van der Waals surface area contributed by atoms with Crippen LogP contribution in [0, 0.1) is 10.1 Å². The summed E-state index contributed by atoms with van der Waals surface area (Å²) in [6.07, 6.45) is 1.24. The van der Waals surface area contributed by atoms with Gasteiger partial charge in [-0.15, -0.1) is 0 Å². The lowest BCUT2D eigenvalue weighted by molar-refractivity contribution is -0.385. The van der Waals surface area contributed by atoms with Gasteiger partial charge in [-0.05, 0) is 30.5 Å². The highest BCUT2D eigenvalue weighted by atomic mass is 16.6. The molecule has 0 aliphatic heterocycles. The Bertz CT molecular complexity index is 656. The molecular weight excluding hydrogens is 284 g/mol. The highest BCUT2D eigenvalue weighted by Crippen LogP contribution is 2.32. The summed E-state index contributed by atoms with van der Waals surface area (Å²) in [5.41, 5.74) is 1.64. The molecule has 0 unspecified atom stereocenters. The van der Waals surface area contributed by atoms with Gasteiger partial charge in [-0.2, -0.15) is 4.98 Å². The first-order valence-electron chi connectivity index (χ1n) is 7.02. The van der Waals surface area contributed by atoms with Gasteiger partial charge in [0.1, 0.15) is 6.33 Å². The molecule has 0 aliphatic rings. The van der Waals surface area contributed by atoms with Crippen molar-refractivity contribution in [2.45, 2.75) is 26.7 Å². The lowest BCUT2D eigenvalue weighted by Gasteiger charge is -2.10. The van der Waals surface area contributed by atoms with Gasteiger partial charge in [0.15, 0.2) is 0 Å². The van der Waals surface area contributed by atoms with Gasteiger partial charge in [-0.1, -0.05) is 26.0 Å². The molecule has 0 radical (unpaired) electrons. The Kier molecular flexibility index (Phi) is 4.88. The Morgan fingerprint density at radius 1 is 1.27 bits per heavy atom. The Morgan fingerprint density at radius 2 is 1.95 bits per heavy atom. The van der Waals surface area contributed by atoms with Gasteiger partial charge >= 0.3 is 5.69 Å². The first-order valence-corrected chi connectivity index (χ1v) is 7.02. The van der Waals surface area contributed by atoms with Crippen molar-refractivity contribution in [1.29, 1.82) is 0 Å². The van der Waals surface area contributed by atoms with Crippen LogP contribution < -0.4 is 10.1 Å². The van der Waals surface area contributed by atoms with E-state index in [9.17, 15) is 10.1 Å². The van der Waals surface area contributed by atoms with E-state index in [4.69, 9.17) is 4.74 Å². The van der Waals surface area contributed by atoms with Gasteiger partial charge < -0.3 is 10.1 Å². The van der Waals surface area contributed by atoms with Crippen LogP contribution >= 0.6 is 0 Å². The molecule has 22 heavy (non-hydrogen) atoms. The minimum absolute atomic E-state index is 0.0381. The smallest absolute Gasteiger partial charge is 0.373 e. The van der Waals surface area contributed by atoms with Crippen LogP contribution in [0.25, 0.3) is 0 Å². The van der Waals surface area contributed by atoms with Crippen LogP contribution in [-0.4, -0.2) is 21.5 Å². The molecule has 1 heterocycles. The minimum atomic E-state index is -0.546. The third-order valence-electron chi connectivity index (χ3n) is 3.09. The van der Waals surface area contributed by atoms with Gasteiger partial charge in [0.2, 0.25) is 5.82 Å². The van der Waals surface area contributed by atoms with Crippen molar-refractivity contribution >= 4 is 17.2 Å². The number of benzene rings is 1. The summed E-state index contributed by atoms with van der Waals surface area (Å²) < 4.78 is 5.19. The molecule has 1 aromatic heterocycles.